The zero-order chi connectivity index (χ0) is 45.6. The van der Waals surface area contributed by atoms with Crippen molar-refractivity contribution < 1.29 is 0 Å². The highest BCUT2D eigenvalue weighted by Crippen LogP contribution is 2.63. The normalized spacial score (nSPS) is 17.8. The van der Waals surface area contributed by atoms with Crippen LogP contribution in [-0.4, -0.2) is 15.0 Å². The third-order valence-electron chi connectivity index (χ3n) is 15.3. The van der Waals surface area contributed by atoms with E-state index >= 15 is 0 Å². The van der Waals surface area contributed by atoms with Crippen LogP contribution in [0.3, 0.4) is 0 Å². The summed E-state index contributed by atoms with van der Waals surface area (Å²) in [5.41, 5.74) is 19.5. The summed E-state index contributed by atoms with van der Waals surface area (Å²) >= 11 is 0. The van der Waals surface area contributed by atoms with Gasteiger partial charge in [0.05, 0.1) is 5.41 Å². The van der Waals surface area contributed by atoms with Crippen LogP contribution >= 0.6 is 0 Å². The van der Waals surface area contributed by atoms with Gasteiger partial charge in [-0.1, -0.05) is 209 Å². The lowest BCUT2D eigenvalue weighted by Crippen LogP contribution is -2.41. The Bertz CT molecular complexity index is 3610. The van der Waals surface area contributed by atoms with Gasteiger partial charge in [0.15, 0.2) is 17.5 Å². The fourth-order valence-corrected chi connectivity index (χ4v) is 12.0. The molecule has 13 rings (SSSR count). The van der Waals surface area contributed by atoms with E-state index in [0.29, 0.717) is 29.8 Å². The van der Waals surface area contributed by atoms with E-state index in [0.717, 1.165) is 52.7 Å². The Labute approximate surface area is 399 Å². The van der Waals surface area contributed by atoms with Crippen LogP contribution in [0.4, 0.5) is 0 Å². The fraction of sp³-hybridized carbons (Fsp3) is 0.154. The zero-order valence-corrected chi connectivity index (χ0v) is 38.6. The van der Waals surface area contributed by atoms with Gasteiger partial charge in [0.25, 0.3) is 0 Å². The second-order valence-electron chi connectivity index (χ2n) is 19.6. The Morgan fingerprint density at radius 2 is 1.25 bits per heavy atom. The lowest BCUT2D eigenvalue weighted by atomic mass is 9.55. The van der Waals surface area contributed by atoms with Gasteiger partial charge in [-0.2, -0.15) is 0 Å². The van der Waals surface area contributed by atoms with E-state index in [1.54, 1.807) is 0 Å². The van der Waals surface area contributed by atoms with Crippen molar-refractivity contribution in [3.63, 3.8) is 0 Å². The predicted molar refractivity (Wildman–Crippen MR) is 281 cm³/mol. The molecule has 0 saturated carbocycles. The molecule has 324 valence electrons. The highest BCUT2D eigenvalue weighted by atomic mass is 15.0. The average Bonchev–Trinajstić information content (AvgIpc) is 3.48. The summed E-state index contributed by atoms with van der Waals surface area (Å²) in [7, 11) is 0. The molecule has 68 heavy (non-hydrogen) atoms. The molecule has 0 radical (unpaired) electrons. The number of hydrogen-bond acceptors (Lipinski definition) is 3. The van der Waals surface area contributed by atoms with Crippen molar-refractivity contribution in [3.8, 4) is 46.0 Å². The third-order valence-corrected chi connectivity index (χ3v) is 15.3. The zero-order valence-electron chi connectivity index (χ0n) is 38.6. The first-order valence-electron chi connectivity index (χ1n) is 24.2. The third kappa shape index (κ3) is 6.17. The molecule has 0 bridgehead atoms. The molecule has 0 fully saturated rings. The molecule has 1 spiro atoms. The smallest absolute Gasteiger partial charge is 0.164 e. The van der Waals surface area contributed by atoms with Crippen LogP contribution in [-0.2, 0) is 17.3 Å². The topological polar surface area (TPSA) is 38.7 Å². The van der Waals surface area contributed by atoms with E-state index in [1.165, 1.54) is 72.0 Å². The van der Waals surface area contributed by atoms with Crippen LogP contribution in [0.5, 0.6) is 0 Å². The first-order valence-corrected chi connectivity index (χ1v) is 24.2. The number of aryl methyl sites for hydroxylation is 1. The summed E-state index contributed by atoms with van der Waals surface area (Å²) in [4.78, 5) is 16.1. The molecular formula is C65H49N3. The Balaban J connectivity index is 1.06. The first-order chi connectivity index (χ1) is 33.4. The van der Waals surface area contributed by atoms with Crippen LogP contribution in [0.1, 0.15) is 95.7 Å². The summed E-state index contributed by atoms with van der Waals surface area (Å²) < 4.78 is 0. The maximum atomic E-state index is 5.45. The first kappa shape index (κ1) is 40.4. The number of aromatic nitrogens is 3. The largest absolute Gasteiger partial charge is 0.208 e. The highest BCUT2D eigenvalue weighted by molar-refractivity contribution is 6.04. The second-order valence-corrected chi connectivity index (χ2v) is 19.6. The van der Waals surface area contributed by atoms with E-state index in [-0.39, 0.29) is 5.41 Å². The SMILES string of the molecule is CC1C=C(c2ccc(-c3nc(-c4ccccc4)nc(-c4cccc5c4C4=C(CC#CC(c6ccc7c8c(ccc7c6)CCC=C8)=C4)C54c5ccccc5C(C)(C)c5ccccc54)n3)cc2)C=CC1. The molecule has 1 unspecified atom stereocenters. The van der Waals surface area contributed by atoms with E-state index in [4.69, 9.17) is 15.0 Å². The van der Waals surface area contributed by atoms with Gasteiger partial charge in [-0.15, -0.1) is 0 Å². The molecule has 8 aromatic rings. The Kier molecular flexibility index (Phi) is 9.25. The standard InChI is InChI=1S/C65H49N3/c1-41-16-13-20-46(38-41)42-30-33-45(34-31-42)62-66-61(44-18-5-4-6-19-44)67-63(68-62)52-23-15-29-59-60(52)53-40-47(48-36-37-51-49(39-48)35-32-43-17-7-8-22-50(43)51)21-14-28-54(53)65(59)57-26-11-9-24-55(57)64(2,3)56-25-10-12-27-58(56)65/h4-6,8-13,15,18-20,22-27,29-41H,7,16-17,28H2,1-3H3. The van der Waals surface area contributed by atoms with Crippen molar-refractivity contribution in [2.45, 2.75) is 57.3 Å². The van der Waals surface area contributed by atoms with Crippen molar-refractivity contribution in [2.75, 3.05) is 0 Å². The molecule has 5 aliphatic carbocycles. The number of fused-ring (bicyclic) bond motifs is 11. The minimum absolute atomic E-state index is 0.221. The lowest BCUT2D eigenvalue weighted by Gasteiger charge is -2.47. The number of hydrogen-bond donors (Lipinski definition) is 0. The van der Waals surface area contributed by atoms with E-state index in [2.05, 4.69) is 215 Å². The van der Waals surface area contributed by atoms with Crippen molar-refractivity contribution in [3.05, 3.63) is 243 Å². The van der Waals surface area contributed by atoms with Gasteiger partial charge in [-0.25, -0.2) is 15.0 Å². The van der Waals surface area contributed by atoms with E-state index in [9.17, 15) is 0 Å². The average molecular weight is 872 g/mol. The molecule has 0 amide bonds. The number of allylic oxidation sites excluding steroid dienone is 9. The summed E-state index contributed by atoms with van der Waals surface area (Å²) in [6, 6.07) is 55.7. The van der Waals surface area contributed by atoms with Crippen molar-refractivity contribution >= 4 is 33.6 Å². The van der Waals surface area contributed by atoms with Crippen LogP contribution in [0.25, 0.3) is 67.7 Å². The van der Waals surface area contributed by atoms with Gasteiger partial charge in [0.2, 0.25) is 0 Å². The van der Waals surface area contributed by atoms with Gasteiger partial charge < -0.3 is 0 Å². The number of benzene rings is 7. The molecule has 1 heterocycles. The van der Waals surface area contributed by atoms with E-state index < -0.39 is 5.41 Å². The molecule has 7 aromatic carbocycles. The fourth-order valence-electron chi connectivity index (χ4n) is 12.0. The summed E-state index contributed by atoms with van der Waals surface area (Å²) in [6.45, 7) is 7.03. The minimum atomic E-state index is -0.605. The van der Waals surface area contributed by atoms with Crippen molar-refractivity contribution in [1.82, 2.24) is 15.0 Å². The molecule has 3 heteroatoms. The maximum Gasteiger partial charge on any atom is 0.164 e. The van der Waals surface area contributed by atoms with Crippen LogP contribution < -0.4 is 0 Å². The van der Waals surface area contributed by atoms with Gasteiger partial charge in [-0.05, 0) is 120 Å². The van der Waals surface area contributed by atoms with Gasteiger partial charge in [-0.3, -0.25) is 0 Å². The monoisotopic (exact) mass is 871 g/mol. The van der Waals surface area contributed by atoms with Gasteiger partial charge in [0.1, 0.15) is 0 Å². The Morgan fingerprint density at radius 1 is 0.588 bits per heavy atom. The van der Waals surface area contributed by atoms with Gasteiger partial charge >= 0.3 is 0 Å². The van der Waals surface area contributed by atoms with Crippen LogP contribution in [0.15, 0.2) is 188 Å². The summed E-state index contributed by atoms with van der Waals surface area (Å²) in [6.07, 6.45) is 17.7. The Morgan fingerprint density at radius 3 is 2.00 bits per heavy atom. The van der Waals surface area contributed by atoms with Crippen LogP contribution in [0.2, 0.25) is 0 Å². The Hall–Kier alpha value is -7.93. The maximum absolute atomic E-state index is 5.45. The van der Waals surface area contributed by atoms with E-state index in [1.807, 2.05) is 6.07 Å². The van der Waals surface area contributed by atoms with Crippen LogP contribution in [0, 0.1) is 17.8 Å². The number of nitrogens with zero attached hydrogens (tertiary/aromatic N) is 3. The molecule has 1 atom stereocenters. The van der Waals surface area contributed by atoms with Gasteiger partial charge in [0, 0.05) is 34.1 Å². The molecule has 0 saturated heterocycles. The highest BCUT2D eigenvalue weighted by Gasteiger charge is 2.54. The minimum Gasteiger partial charge on any atom is -0.208 e. The molecule has 1 aromatic heterocycles. The molecule has 0 N–H and O–H groups in total. The second kappa shape index (κ2) is 15.6. The molecule has 0 aliphatic heterocycles. The number of rotatable bonds is 5. The van der Waals surface area contributed by atoms with Crippen molar-refractivity contribution in [1.29, 1.82) is 0 Å². The quantitative estimate of drug-likeness (QED) is 0.162. The summed E-state index contributed by atoms with van der Waals surface area (Å²) in [5, 5.41) is 2.53. The predicted octanol–water partition coefficient (Wildman–Crippen LogP) is 15.2. The molecular weight excluding hydrogens is 823 g/mol. The molecule has 3 nitrogen and oxygen atoms in total. The lowest BCUT2D eigenvalue weighted by molar-refractivity contribution is 0.555. The molecule has 5 aliphatic rings. The van der Waals surface area contributed by atoms with Crippen molar-refractivity contribution in [2.24, 2.45) is 5.92 Å². The summed E-state index contributed by atoms with van der Waals surface area (Å²) in [5.74, 6) is 9.94.